The van der Waals surface area contributed by atoms with Gasteiger partial charge in [-0.05, 0) is 64.2 Å². The first-order valence-electron chi connectivity index (χ1n) is 24.9. The molecule has 6 nitrogen and oxygen atoms in total. The Labute approximate surface area is 370 Å². The van der Waals surface area contributed by atoms with Crippen LogP contribution >= 0.6 is 0 Å². The molecule has 0 saturated carbocycles. The normalized spacial score (nSPS) is 14.0. The van der Waals surface area contributed by atoms with Crippen LogP contribution in [-0.2, 0) is 14.3 Å². The zero-order valence-corrected chi connectivity index (χ0v) is 39.1. The van der Waals surface area contributed by atoms with Crippen molar-refractivity contribution in [2.45, 2.75) is 238 Å². The van der Waals surface area contributed by atoms with Gasteiger partial charge in [-0.2, -0.15) is 0 Å². The third-order valence-electron chi connectivity index (χ3n) is 10.9. The summed E-state index contributed by atoms with van der Waals surface area (Å²) >= 11 is 0. The third-order valence-corrected chi connectivity index (χ3v) is 10.9. The molecule has 0 spiro atoms. The van der Waals surface area contributed by atoms with E-state index >= 15 is 0 Å². The molecule has 0 fully saturated rings. The van der Waals surface area contributed by atoms with Crippen molar-refractivity contribution >= 4 is 11.9 Å². The minimum Gasteiger partial charge on any atom is -0.462 e. The van der Waals surface area contributed by atoms with Gasteiger partial charge in [-0.15, -0.1) is 0 Å². The molecule has 0 radical (unpaired) electrons. The standard InChI is InChI=1S/C54H93NO5/c1-4-7-10-13-16-19-22-25-26-29-31-34-37-40-43-46-52(57)51(49-56)55-53(58)48-50(45-42-39-36-33-30-27-23-20-17-14-11-8-5-2)60-54(59)47-44-41-38-35-32-28-24-21-18-15-12-9-6-3/h8-9,11-12,14-15,17-18,20-21,23-24,28,32,50-52,56-57H,4-7,10,13,16,19,22,25-27,29-31,33-49H2,1-3H3,(H,55,58)/b11-8+,12-9+,17-14+,18-15+,23-20+,24-21-,32-28-. The number of unbranched alkanes of at least 4 members (excludes halogenated alkanes) is 22. The lowest BCUT2D eigenvalue weighted by atomic mass is 10.0. The first kappa shape index (κ1) is 57.0. The molecule has 0 aliphatic rings. The van der Waals surface area contributed by atoms with Gasteiger partial charge in [-0.25, -0.2) is 0 Å². The molecule has 3 N–H and O–H groups in total. The van der Waals surface area contributed by atoms with Crippen LogP contribution in [0.15, 0.2) is 85.1 Å². The quantitative estimate of drug-likeness (QED) is 0.0323. The Bertz CT molecular complexity index is 1160. The van der Waals surface area contributed by atoms with Gasteiger partial charge in [-0.3, -0.25) is 9.59 Å². The van der Waals surface area contributed by atoms with E-state index in [4.69, 9.17) is 4.74 Å². The fraction of sp³-hybridized carbons (Fsp3) is 0.704. The molecular formula is C54H93NO5. The maximum Gasteiger partial charge on any atom is 0.306 e. The molecule has 1 amide bonds. The van der Waals surface area contributed by atoms with Crippen LogP contribution in [0.2, 0.25) is 0 Å². The predicted molar refractivity (Wildman–Crippen MR) is 259 cm³/mol. The SMILES string of the molecule is CC/C=C/C=C/C=C\C=C/CCCCCC(=O)OC(CCCCCCC/C=C/C=C/C=C/CC)CC(=O)NC(CO)C(O)CCCCCCCCCCCCCCCCC. The van der Waals surface area contributed by atoms with Gasteiger partial charge in [0.1, 0.15) is 6.10 Å². The molecule has 3 unspecified atom stereocenters. The molecule has 0 saturated heterocycles. The lowest BCUT2D eigenvalue weighted by Crippen LogP contribution is -2.46. The number of aliphatic hydroxyl groups excluding tert-OH is 2. The summed E-state index contributed by atoms with van der Waals surface area (Å²) in [5.41, 5.74) is 0. The second-order valence-electron chi connectivity index (χ2n) is 16.6. The van der Waals surface area contributed by atoms with Gasteiger partial charge in [-0.1, -0.05) is 228 Å². The summed E-state index contributed by atoms with van der Waals surface area (Å²) in [7, 11) is 0. The number of hydrogen-bond acceptors (Lipinski definition) is 5. The van der Waals surface area contributed by atoms with Crippen LogP contribution in [0.5, 0.6) is 0 Å². The Kier molecular flexibility index (Phi) is 44.8. The summed E-state index contributed by atoms with van der Waals surface area (Å²) in [6.45, 7) is 6.19. The second-order valence-corrected chi connectivity index (χ2v) is 16.6. The van der Waals surface area contributed by atoms with Crippen LogP contribution in [0.3, 0.4) is 0 Å². The summed E-state index contributed by atoms with van der Waals surface area (Å²) in [4.78, 5) is 26.1. The number of allylic oxidation sites excluding steroid dienone is 14. The molecular weight excluding hydrogens is 743 g/mol. The molecule has 60 heavy (non-hydrogen) atoms. The topological polar surface area (TPSA) is 95.9 Å². The first-order chi connectivity index (χ1) is 29.5. The van der Waals surface area contributed by atoms with Gasteiger partial charge < -0.3 is 20.3 Å². The van der Waals surface area contributed by atoms with Crippen LogP contribution in [0.4, 0.5) is 0 Å². The molecule has 0 aliphatic heterocycles. The van der Waals surface area contributed by atoms with Crippen LogP contribution < -0.4 is 5.32 Å². The Morgan fingerprint density at radius 1 is 0.500 bits per heavy atom. The average Bonchev–Trinajstić information content (AvgIpc) is 3.24. The Morgan fingerprint density at radius 2 is 0.900 bits per heavy atom. The minimum atomic E-state index is -0.804. The van der Waals surface area contributed by atoms with E-state index in [0.717, 1.165) is 96.3 Å². The number of carbonyl (C=O) groups excluding carboxylic acids is 2. The van der Waals surface area contributed by atoms with E-state index < -0.39 is 18.2 Å². The molecule has 0 aliphatic carbocycles. The molecule has 0 bridgehead atoms. The Balaban J connectivity index is 4.65. The van der Waals surface area contributed by atoms with Crippen molar-refractivity contribution in [2.24, 2.45) is 0 Å². The van der Waals surface area contributed by atoms with Gasteiger partial charge >= 0.3 is 5.97 Å². The number of amides is 1. The van der Waals surface area contributed by atoms with E-state index in [1.165, 1.54) is 77.0 Å². The van der Waals surface area contributed by atoms with Gasteiger partial charge in [0, 0.05) is 6.42 Å². The zero-order chi connectivity index (χ0) is 43.8. The van der Waals surface area contributed by atoms with Crippen LogP contribution in [-0.4, -0.2) is 46.9 Å². The number of ether oxygens (including phenoxy) is 1. The van der Waals surface area contributed by atoms with Crippen molar-refractivity contribution < 1.29 is 24.5 Å². The van der Waals surface area contributed by atoms with E-state index in [0.29, 0.717) is 19.3 Å². The highest BCUT2D eigenvalue weighted by atomic mass is 16.5. The van der Waals surface area contributed by atoms with Gasteiger partial charge in [0.2, 0.25) is 5.91 Å². The maximum atomic E-state index is 13.2. The third kappa shape index (κ3) is 41.8. The summed E-state index contributed by atoms with van der Waals surface area (Å²) in [5.74, 6) is -0.546. The molecule has 344 valence electrons. The molecule has 0 aromatic carbocycles. The number of aliphatic hydroxyl groups is 2. The van der Waals surface area contributed by atoms with Crippen molar-refractivity contribution in [2.75, 3.05) is 6.61 Å². The summed E-state index contributed by atoms with van der Waals surface area (Å²) in [6.07, 6.45) is 60.7. The monoisotopic (exact) mass is 836 g/mol. The van der Waals surface area contributed by atoms with E-state index in [9.17, 15) is 19.8 Å². The largest absolute Gasteiger partial charge is 0.462 e. The highest BCUT2D eigenvalue weighted by Crippen LogP contribution is 2.17. The van der Waals surface area contributed by atoms with Crippen molar-refractivity contribution in [1.82, 2.24) is 5.32 Å². The van der Waals surface area contributed by atoms with Crippen molar-refractivity contribution in [3.05, 3.63) is 85.1 Å². The number of rotatable bonds is 43. The summed E-state index contributed by atoms with van der Waals surface area (Å²) in [5, 5.41) is 23.7. The molecule has 3 atom stereocenters. The molecule has 0 aromatic heterocycles. The Morgan fingerprint density at radius 3 is 1.37 bits per heavy atom. The number of carbonyl (C=O) groups is 2. The number of hydrogen-bond donors (Lipinski definition) is 3. The lowest BCUT2D eigenvalue weighted by molar-refractivity contribution is -0.151. The smallest absolute Gasteiger partial charge is 0.306 e. The van der Waals surface area contributed by atoms with Crippen molar-refractivity contribution in [3.63, 3.8) is 0 Å². The van der Waals surface area contributed by atoms with E-state index in [1.54, 1.807) is 0 Å². The van der Waals surface area contributed by atoms with Gasteiger partial charge in [0.05, 0.1) is 25.2 Å². The van der Waals surface area contributed by atoms with Crippen LogP contribution in [0.25, 0.3) is 0 Å². The number of esters is 1. The van der Waals surface area contributed by atoms with E-state index in [-0.39, 0.29) is 24.9 Å². The summed E-state index contributed by atoms with van der Waals surface area (Å²) in [6, 6.07) is -0.721. The maximum absolute atomic E-state index is 13.2. The highest BCUT2D eigenvalue weighted by Gasteiger charge is 2.24. The van der Waals surface area contributed by atoms with Crippen LogP contribution in [0.1, 0.15) is 220 Å². The first-order valence-corrected chi connectivity index (χ1v) is 24.9. The molecule has 0 heterocycles. The number of nitrogens with one attached hydrogen (secondary N) is 1. The minimum absolute atomic E-state index is 0.0437. The predicted octanol–water partition coefficient (Wildman–Crippen LogP) is 14.8. The zero-order valence-electron chi connectivity index (χ0n) is 39.1. The van der Waals surface area contributed by atoms with Crippen molar-refractivity contribution in [3.8, 4) is 0 Å². The second kappa shape index (κ2) is 47.1. The average molecular weight is 836 g/mol. The van der Waals surface area contributed by atoms with Gasteiger partial charge in [0.25, 0.3) is 0 Å². The summed E-state index contributed by atoms with van der Waals surface area (Å²) < 4.78 is 5.89. The fourth-order valence-corrected chi connectivity index (χ4v) is 7.15. The lowest BCUT2D eigenvalue weighted by Gasteiger charge is -2.24. The Hall–Kier alpha value is -2.96. The fourth-order valence-electron chi connectivity index (χ4n) is 7.15. The van der Waals surface area contributed by atoms with Gasteiger partial charge in [0.15, 0.2) is 0 Å². The van der Waals surface area contributed by atoms with Crippen molar-refractivity contribution in [1.29, 1.82) is 0 Å². The van der Waals surface area contributed by atoms with Crippen LogP contribution in [0, 0.1) is 0 Å². The molecule has 6 heteroatoms. The van der Waals surface area contributed by atoms with E-state index in [1.807, 2.05) is 30.4 Å². The molecule has 0 rings (SSSR count). The highest BCUT2D eigenvalue weighted by molar-refractivity contribution is 5.77. The van der Waals surface area contributed by atoms with E-state index in [2.05, 4.69) is 80.8 Å². The molecule has 0 aromatic rings.